The van der Waals surface area contributed by atoms with Gasteiger partial charge in [-0.25, -0.2) is 9.50 Å². The van der Waals surface area contributed by atoms with Crippen molar-refractivity contribution in [1.82, 2.24) is 24.8 Å². The van der Waals surface area contributed by atoms with Crippen molar-refractivity contribution in [2.75, 3.05) is 13.1 Å². The molecule has 0 aliphatic rings. The molecular weight excluding hydrogens is 326 g/mol. The Hall–Kier alpha value is -2.73. The summed E-state index contributed by atoms with van der Waals surface area (Å²) in [5, 5.41) is 7.33. The van der Waals surface area contributed by atoms with E-state index in [-0.39, 0.29) is 11.9 Å². The Bertz CT molecular complexity index is 870. The number of amides is 1. The average molecular weight is 351 g/mol. The molecule has 6 nitrogen and oxygen atoms in total. The van der Waals surface area contributed by atoms with Crippen molar-refractivity contribution in [3.05, 3.63) is 65.6 Å². The summed E-state index contributed by atoms with van der Waals surface area (Å²) >= 11 is 0. The molecule has 136 valence electrons. The lowest BCUT2D eigenvalue weighted by atomic mass is 10.1. The van der Waals surface area contributed by atoms with E-state index in [1.165, 1.54) is 0 Å². The molecule has 1 unspecified atom stereocenters. The van der Waals surface area contributed by atoms with Crippen LogP contribution in [-0.4, -0.2) is 38.5 Å². The number of fused-ring (bicyclic) bond motifs is 1. The molecule has 1 amide bonds. The highest BCUT2D eigenvalue weighted by Gasteiger charge is 2.17. The van der Waals surface area contributed by atoms with Gasteiger partial charge in [-0.2, -0.15) is 5.10 Å². The third-order valence-corrected chi connectivity index (χ3v) is 4.60. The topological polar surface area (TPSA) is 62.5 Å². The van der Waals surface area contributed by atoms with Gasteiger partial charge in [0.25, 0.3) is 5.91 Å². The SMILES string of the molecule is CCN(CC)Cc1cnc2c(C(=O)NC(C)c3ccccc3)cnn2c1. The summed E-state index contributed by atoms with van der Waals surface area (Å²) < 4.78 is 1.68. The van der Waals surface area contributed by atoms with Gasteiger partial charge in [0.05, 0.1) is 12.2 Å². The maximum atomic E-state index is 12.6. The number of nitrogens with zero attached hydrogens (tertiary/aromatic N) is 4. The summed E-state index contributed by atoms with van der Waals surface area (Å²) in [6.45, 7) is 9.04. The largest absolute Gasteiger partial charge is 0.345 e. The Labute approximate surface area is 153 Å². The van der Waals surface area contributed by atoms with Gasteiger partial charge in [0, 0.05) is 24.5 Å². The molecule has 0 radical (unpaired) electrons. The fourth-order valence-electron chi connectivity index (χ4n) is 2.96. The molecular formula is C20H25N5O. The van der Waals surface area contributed by atoms with Crippen LogP contribution in [-0.2, 0) is 6.54 Å². The second-order valence-corrected chi connectivity index (χ2v) is 6.36. The van der Waals surface area contributed by atoms with Gasteiger partial charge in [0.1, 0.15) is 5.56 Å². The van der Waals surface area contributed by atoms with Crippen molar-refractivity contribution < 1.29 is 4.79 Å². The smallest absolute Gasteiger partial charge is 0.257 e. The van der Waals surface area contributed by atoms with Gasteiger partial charge in [-0.05, 0) is 25.6 Å². The summed E-state index contributed by atoms with van der Waals surface area (Å²) in [4.78, 5) is 19.4. The fraction of sp³-hybridized carbons (Fsp3) is 0.350. The van der Waals surface area contributed by atoms with E-state index >= 15 is 0 Å². The van der Waals surface area contributed by atoms with Crippen LogP contribution in [0, 0.1) is 0 Å². The molecule has 2 aromatic heterocycles. The first-order valence-electron chi connectivity index (χ1n) is 9.02. The standard InChI is InChI=1S/C20H25N5O/c1-4-24(5-2)13-16-11-21-19-18(12-22-25(19)14-16)20(26)23-15(3)17-9-7-6-8-10-17/h6-12,14-15H,4-5,13H2,1-3H3,(H,23,26). The second kappa shape index (κ2) is 8.10. The molecule has 1 atom stereocenters. The maximum absolute atomic E-state index is 12.6. The van der Waals surface area contributed by atoms with Crippen LogP contribution in [0.15, 0.2) is 48.9 Å². The molecule has 26 heavy (non-hydrogen) atoms. The fourth-order valence-corrected chi connectivity index (χ4v) is 2.96. The normalized spacial score (nSPS) is 12.5. The minimum Gasteiger partial charge on any atom is -0.345 e. The average Bonchev–Trinajstić information content (AvgIpc) is 3.10. The lowest BCUT2D eigenvalue weighted by Gasteiger charge is -2.17. The summed E-state index contributed by atoms with van der Waals surface area (Å²) in [5.41, 5.74) is 3.20. The Balaban J connectivity index is 1.77. The van der Waals surface area contributed by atoms with Crippen LogP contribution >= 0.6 is 0 Å². The Kier molecular flexibility index (Phi) is 5.63. The van der Waals surface area contributed by atoms with Gasteiger partial charge < -0.3 is 5.32 Å². The van der Waals surface area contributed by atoms with Crippen molar-refractivity contribution >= 4 is 11.6 Å². The van der Waals surface area contributed by atoms with Crippen molar-refractivity contribution in [2.24, 2.45) is 0 Å². The van der Waals surface area contributed by atoms with Crippen LogP contribution in [0.1, 0.15) is 48.3 Å². The van der Waals surface area contributed by atoms with Gasteiger partial charge in [-0.1, -0.05) is 44.2 Å². The number of aromatic nitrogens is 3. The van der Waals surface area contributed by atoms with Gasteiger partial charge in [0.15, 0.2) is 5.65 Å². The van der Waals surface area contributed by atoms with E-state index in [1.807, 2.05) is 49.6 Å². The van der Waals surface area contributed by atoms with Gasteiger partial charge in [-0.3, -0.25) is 9.69 Å². The van der Waals surface area contributed by atoms with Crippen LogP contribution in [0.25, 0.3) is 5.65 Å². The molecule has 1 aromatic carbocycles. The van der Waals surface area contributed by atoms with E-state index in [9.17, 15) is 4.79 Å². The monoisotopic (exact) mass is 351 g/mol. The highest BCUT2D eigenvalue weighted by molar-refractivity contribution is 5.99. The van der Waals surface area contributed by atoms with Crippen molar-refractivity contribution in [1.29, 1.82) is 0 Å². The molecule has 3 rings (SSSR count). The molecule has 0 fully saturated rings. The first kappa shape index (κ1) is 18.1. The van der Waals surface area contributed by atoms with Crippen LogP contribution < -0.4 is 5.32 Å². The Morgan fingerprint density at radius 1 is 1.19 bits per heavy atom. The van der Waals surface area contributed by atoms with E-state index in [2.05, 4.69) is 34.1 Å². The summed E-state index contributed by atoms with van der Waals surface area (Å²) in [5.74, 6) is -0.166. The summed E-state index contributed by atoms with van der Waals surface area (Å²) in [6, 6.07) is 9.81. The molecule has 6 heteroatoms. The zero-order valence-corrected chi connectivity index (χ0v) is 15.5. The lowest BCUT2D eigenvalue weighted by molar-refractivity contribution is 0.0941. The quantitative estimate of drug-likeness (QED) is 0.711. The van der Waals surface area contributed by atoms with E-state index in [4.69, 9.17) is 0 Å². The number of hydrogen-bond acceptors (Lipinski definition) is 4. The Morgan fingerprint density at radius 3 is 2.62 bits per heavy atom. The number of hydrogen-bond donors (Lipinski definition) is 1. The van der Waals surface area contributed by atoms with Crippen LogP contribution in [0.4, 0.5) is 0 Å². The molecule has 0 aliphatic carbocycles. The van der Waals surface area contributed by atoms with Crippen LogP contribution in [0.3, 0.4) is 0 Å². The molecule has 0 bridgehead atoms. The molecule has 0 spiro atoms. The van der Waals surface area contributed by atoms with E-state index in [0.717, 1.165) is 30.8 Å². The number of rotatable bonds is 7. The molecule has 0 saturated carbocycles. The van der Waals surface area contributed by atoms with Gasteiger partial charge in [-0.15, -0.1) is 0 Å². The predicted molar refractivity (Wildman–Crippen MR) is 102 cm³/mol. The second-order valence-electron chi connectivity index (χ2n) is 6.36. The summed E-state index contributed by atoms with van der Waals surface area (Å²) in [7, 11) is 0. The van der Waals surface area contributed by atoms with Gasteiger partial charge >= 0.3 is 0 Å². The van der Waals surface area contributed by atoms with Crippen molar-refractivity contribution in [3.63, 3.8) is 0 Å². The minimum atomic E-state index is -0.166. The third-order valence-electron chi connectivity index (χ3n) is 4.60. The number of carbonyl (C=O) groups is 1. The number of carbonyl (C=O) groups excluding carboxylic acids is 1. The molecule has 3 aromatic rings. The first-order chi connectivity index (χ1) is 12.6. The van der Waals surface area contributed by atoms with Crippen LogP contribution in [0.5, 0.6) is 0 Å². The maximum Gasteiger partial charge on any atom is 0.257 e. The lowest BCUT2D eigenvalue weighted by Crippen LogP contribution is -2.26. The van der Waals surface area contributed by atoms with E-state index in [0.29, 0.717) is 11.2 Å². The first-order valence-corrected chi connectivity index (χ1v) is 9.02. The molecule has 1 N–H and O–H groups in total. The minimum absolute atomic E-state index is 0.0828. The molecule has 0 aliphatic heterocycles. The highest BCUT2D eigenvalue weighted by Crippen LogP contribution is 2.15. The highest BCUT2D eigenvalue weighted by atomic mass is 16.1. The third kappa shape index (κ3) is 3.91. The zero-order valence-electron chi connectivity index (χ0n) is 15.5. The van der Waals surface area contributed by atoms with E-state index < -0.39 is 0 Å². The zero-order chi connectivity index (χ0) is 18.5. The molecule has 2 heterocycles. The van der Waals surface area contributed by atoms with Crippen molar-refractivity contribution in [3.8, 4) is 0 Å². The number of benzene rings is 1. The van der Waals surface area contributed by atoms with E-state index in [1.54, 1.807) is 10.7 Å². The predicted octanol–water partition coefficient (Wildman–Crippen LogP) is 3.06. The van der Waals surface area contributed by atoms with Crippen molar-refractivity contribution in [2.45, 2.75) is 33.4 Å². The van der Waals surface area contributed by atoms with Gasteiger partial charge in [0.2, 0.25) is 0 Å². The molecule has 0 saturated heterocycles. The van der Waals surface area contributed by atoms with Crippen LogP contribution in [0.2, 0.25) is 0 Å². The Morgan fingerprint density at radius 2 is 1.92 bits per heavy atom. The summed E-state index contributed by atoms with van der Waals surface area (Å²) in [6.07, 6.45) is 5.35. The number of nitrogens with one attached hydrogen (secondary N) is 1.